The van der Waals surface area contributed by atoms with Crippen LogP contribution in [-0.2, 0) is 17.8 Å². The van der Waals surface area contributed by atoms with E-state index in [4.69, 9.17) is 10.5 Å². The maximum atomic E-state index is 13.6. The second kappa shape index (κ2) is 5.27. The molecular weight excluding hydrogens is 299 g/mol. The minimum Gasteiger partial charge on any atom is -0.493 e. The van der Waals surface area contributed by atoms with Crippen molar-refractivity contribution in [3.63, 3.8) is 0 Å². The van der Waals surface area contributed by atoms with Gasteiger partial charge in [0.25, 0.3) is 0 Å². The third-order valence-electron chi connectivity index (χ3n) is 4.31. The number of nitrogens with one attached hydrogen (secondary N) is 1. The van der Waals surface area contributed by atoms with Gasteiger partial charge in [-0.1, -0.05) is 0 Å². The number of aromatic nitrogens is 2. The van der Waals surface area contributed by atoms with Crippen LogP contribution in [0.3, 0.4) is 0 Å². The number of nitrogens with two attached hydrogens (primary N) is 1. The van der Waals surface area contributed by atoms with Crippen molar-refractivity contribution in [1.29, 1.82) is 0 Å². The van der Waals surface area contributed by atoms with E-state index in [0.29, 0.717) is 49.6 Å². The number of aliphatic hydroxyl groups excluding tert-OH is 1. The first-order valence-electron chi connectivity index (χ1n) is 7.55. The SMILES string of the molecule is Nc1c2c(nn1/C(O)=C1\CCNc3ccc(F)cc31)COCC2. The molecule has 0 amide bonds. The number of hydrogen-bond donors (Lipinski definition) is 3. The highest BCUT2D eigenvalue weighted by Gasteiger charge is 2.24. The Morgan fingerprint density at radius 1 is 1.39 bits per heavy atom. The highest BCUT2D eigenvalue weighted by molar-refractivity contribution is 5.88. The molecule has 4 rings (SSSR count). The van der Waals surface area contributed by atoms with Gasteiger partial charge in [0.1, 0.15) is 11.6 Å². The van der Waals surface area contributed by atoms with Crippen LogP contribution in [0.25, 0.3) is 11.5 Å². The minimum absolute atomic E-state index is 0.0507. The molecule has 120 valence electrons. The lowest BCUT2D eigenvalue weighted by atomic mass is 9.97. The number of nitrogen functional groups attached to an aromatic ring is 1. The summed E-state index contributed by atoms with van der Waals surface area (Å²) in [4.78, 5) is 0. The van der Waals surface area contributed by atoms with Crippen molar-refractivity contribution in [3.05, 3.63) is 40.8 Å². The third-order valence-corrected chi connectivity index (χ3v) is 4.31. The van der Waals surface area contributed by atoms with Crippen molar-refractivity contribution >= 4 is 23.0 Å². The fourth-order valence-electron chi connectivity index (χ4n) is 3.14. The summed E-state index contributed by atoms with van der Waals surface area (Å²) in [6.45, 7) is 1.64. The molecule has 1 aromatic carbocycles. The van der Waals surface area contributed by atoms with Crippen LogP contribution < -0.4 is 11.1 Å². The van der Waals surface area contributed by atoms with Crippen LogP contribution in [0.5, 0.6) is 0 Å². The first-order chi connectivity index (χ1) is 11.1. The van der Waals surface area contributed by atoms with Crippen LogP contribution in [0.4, 0.5) is 15.9 Å². The molecule has 0 spiro atoms. The highest BCUT2D eigenvalue weighted by atomic mass is 19.1. The molecule has 3 heterocycles. The lowest BCUT2D eigenvalue weighted by Gasteiger charge is -2.22. The van der Waals surface area contributed by atoms with Crippen LogP contribution in [0, 0.1) is 5.82 Å². The largest absolute Gasteiger partial charge is 0.493 e. The van der Waals surface area contributed by atoms with Gasteiger partial charge in [0, 0.05) is 35.4 Å². The number of nitrogens with zero attached hydrogens (tertiary/aromatic N) is 2. The standard InChI is InChI=1S/C16H17FN4O2/c17-9-1-2-13-12(7-9)10(3-5-19-13)16(22)21-15(18)11-4-6-23-8-14(11)20-21/h1-2,7,19,22H,3-6,8,18H2/b16-10-. The van der Waals surface area contributed by atoms with Crippen LogP contribution in [0.1, 0.15) is 23.2 Å². The molecule has 4 N–H and O–H groups in total. The zero-order valence-electron chi connectivity index (χ0n) is 12.5. The van der Waals surface area contributed by atoms with Crippen molar-refractivity contribution in [3.8, 4) is 0 Å². The number of ether oxygens (including phenoxy) is 1. The van der Waals surface area contributed by atoms with Crippen molar-refractivity contribution in [2.45, 2.75) is 19.4 Å². The lowest BCUT2D eigenvalue weighted by Crippen LogP contribution is -2.15. The summed E-state index contributed by atoms with van der Waals surface area (Å²) in [6, 6.07) is 4.47. The predicted octanol–water partition coefficient (Wildman–Crippen LogP) is 2.38. The summed E-state index contributed by atoms with van der Waals surface area (Å²) in [5.74, 6) is 0.0221. The Hall–Kier alpha value is -2.54. The summed E-state index contributed by atoms with van der Waals surface area (Å²) in [7, 11) is 0. The summed E-state index contributed by atoms with van der Waals surface area (Å²) < 4.78 is 20.3. The lowest BCUT2D eigenvalue weighted by molar-refractivity contribution is 0.108. The Morgan fingerprint density at radius 3 is 3.09 bits per heavy atom. The van der Waals surface area contributed by atoms with Gasteiger partial charge in [-0.25, -0.2) is 4.39 Å². The number of halogens is 1. The molecule has 7 heteroatoms. The van der Waals surface area contributed by atoms with E-state index in [-0.39, 0.29) is 11.7 Å². The normalized spacial score (nSPS) is 18.8. The van der Waals surface area contributed by atoms with Gasteiger partial charge in [0.15, 0.2) is 0 Å². The zero-order valence-corrected chi connectivity index (χ0v) is 12.5. The van der Waals surface area contributed by atoms with E-state index in [0.717, 1.165) is 16.9 Å². The third kappa shape index (κ3) is 2.24. The van der Waals surface area contributed by atoms with Crippen molar-refractivity contribution in [1.82, 2.24) is 9.78 Å². The van der Waals surface area contributed by atoms with E-state index in [1.165, 1.54) is 16.8 Å². The molecule has 0 fully saturated rings. The average Bonchev–Trinajstić information content (AvgIpc) is 2.91. The molecule has 0 saturated heterocycles. The Labute approximate surface area is 132 Å². The number of benzene rings is 1. The second-order valence-electron chi connectivity index (χ2n) is 5.69. The second-order valence-corrected chi connectivity index (χ2v) is 5.69. The Balaban J connectivity index is 1.86. The molecule has 1 aromatic heterocycles. The van der Waals surface area contributed by atoms with Crippen LogP contribution in [0.2, 0.25) is 0 Å². The molecular formula is C16H17FN4O2. The van der Waals surface area contributed by atoms with Crippen LogP contribution in [0.15, 0.2) is 18.2 Å². The van der Waals surface area contributed by atoms with Gasteiger partial charge in [0.2, 0.25) is 5.88 Å². The molecule has 6 nitrogen and oxygen atoms in total. The summed E-state index contributed by atoms with van der Waals surface area (Å²) in [5, 5.41) is 18.3. The molecule has 0 saturated carbocycles. The van der Waals surface area contributed by atoms with Crippen molar-refractivity contribution < 1.29 is 14.2 Å². The first-order valence-corrected chi connectivity index (χ1v) is 7.55. The smallest absolute Gasteiger partial charge is 0.217 e. The van der Waals surface area contributed by atoms with E-state index in [2.05, 4.69) is 10.4 Å². The molecule has 0 radical (unpaired) electrons. The van der Waals surface area contributed by atoms with Crippen LogP contribution in [-0.4, -0.2) is 28.0 Å². The van der Waals surface area contributed by atoms with E-state index in [1.807, 2.05) is 0 Å². The molecule has 23 heavy (non-hydrogen) atoms. The number of aliphatic hydroxyl groups is 1. The highest BCUT2D eigenvalue weighted by Crippen LogP contribution is 2.35. The maximum absolute atomic E-state index is 13.6. The molecule has 0 aliphatic carbocycles. The van der Waals surface area contributed by atoms with E-state index in [1.54, 1.807) is 6.07 Å². The average molecular weight is 316 g/mol. The topological polar surface area (TPSA) is 85.3 Å². The maximum Gasteiger partial charge on any atom is 0.217 e. The Kier molecular flexibility index (Phi) is 3.23. The number of fused-ring (bicyclic) bond motifs is 2. The molecule has 0 bridgehead atoms. The van der Waals surface area contributed by atoms with Gasteiger partial charge in [0.05, 0.1) is 18.9 Å². The molecule has 2 aromatic rings. The summed E-state index contributed by atoms with van der Waals surface area (Å²) in [5.41, 5.74) is 9.86. The van der Waals surface area contributed by atoms with Gasteiger partial charge < -0.3 is 20.9 Å². The monoisotopic (exact) mass is 316 g/mol. The molecule has 0 atom stereocenters. The molecule has 0 unspecified atom stereocenters. The molecule has 2 aliphatic rings. The van der Waals surface area contributed by atoms with Gasteiger partial charge in [-0.2, -0.15) is 9.78 Å². The fourth-order valence-corrected chi connectivity index (χ4v) is 3.14. The van der Waals surface area contributed by atoms with Gasteiger partial charge >= 0.3 is 0 Å². The quantitative estimate of drug-likeness (QED) is 0.703. The Bertz CT molecular complexity index is 813. The van der Waals surface area contributed by atoms with Gasteiger partial charge in [-0.15, -0.1) is 0 Å². The van der Waals surface area contributed by atoms with Crippen LogP contribution >= 0.6 is 0 Å². The summed E-state index contributed by atoms with van der Waals surface area (Å²) in [6.07, 6.45) is 1.24. The zero-order chi connectivity index (χ0) is 16.0. The fraction of sp³-hybridized carbons (Fsp3) is 0.312. The van der Waals surface area contributed by atoms with E-state index >= 15 is 0 Å². The number of rotatable bonds is 1. The number of hydrogen-bond acceptors (Lipinski definition) is 5. The Morgan fingerprint density at radius 2 is 2.26 bits per heavy atom. The van der Waals surface area contributed by atoms with Crippen molar-refractivity contribution in [2.24, 2.45) is 0 Å². The first kappa shape index (κ1) is 14.1. The summed E-state index contributed by atoms with van der Waals surface area (Å²) >= 11 is 0. The van der Waals surface area contributed by atoms with Gasteiger partial charge in [-0.3, -0.25) is 0 Å². The molecule has 2 aliphatic heterocycles. The van der Waals surface area contributed by atoms with Gasteiger partial charge in [-0.05, 0) is 24.6 Å². The van der Waals surface area contributed by atoms with E-state index in [9.17, 15) is 9.50 Å². The van der Waals surface area contributed by atoms with E-state index < -0.39 is 0 Å². The minimum atomic E-state index is -0.348. The number of anilines is 2. The predicted molar refractivity (Wildman–Crippen MR) is 85.2 cm³/mol. The van der Waals surface area contributed by atoms with Crippen molar-refractivity contribution in [2.75, 3.05) is 24.2 Å².